The van der Waals surface area contributed by atoms with Crippen molar-refractivity contribution in [3.63, 3.8) is 0 Å². The van der Waals surface area contributed by atoms with E-state index in [1.807, 2.05) is 7.05 Å². The van der Waals surface area contributed by atoms with Crippen LogP contribution in [0.3, 0.4) is 0 Å². The van der Waals surface area contributed by atoms with Crippen LogP contribution in [-0.4, -0.2) is 55.3 Å². The zero-order valence-electron chi connectivity index (χ0n) is 14.2. The van der Waals surface area contributed by atoms with Gasteiger partial charge in [-0.25, -0.2) is 19.6 Å². The van der Waals surface area contributed by atoms with Crippen molar-refractivity contribution < 1.29 is 0 Å². The molecule has 1 aliphatic heterocycles. The molecule has 0 amide bonds. The topological polar surface area (TPSA) is 75.9 Å². The van der Waals surface area contributed by atoms with Gasteiger partial charge in [-0.15, -0.1) is 0 Å². The molecule has 3 aromatic heterocycles. The second kappa shape index (κ2) is 6.83. The average molecular weight is 423 g/mol. The molecule has 3 aromatic rings. The predicted octanol–water partition coefficient (Wildman–Crippen LogP) is 2.26. The maximum atomic E-state index is 4.63. The molecule has 0 aromatic carbocycles. The van der Waals surface area contributed by atoms with Crippen LogP contribution in [0, 0.1) is 0 Å². The fourth-order valence-electron chi connectivity index (χ4n) is 3.10. The van der Waals surface area contributed by atoms with Crippen LogP contribution in [0.25, 0.3) is 11.0 Å². The monoisotopic (exact) mass is 422 g/mol. The summed E-state index contributed by atoms with van der Waals surface area (Å²) in [7, 11) is 1.90. The summed E-state index contributed by atoms with van der Waals surface area (Å²) in [5.74, 6) is 1.87. The van der Waals surface area contributed by atoms with Crippen molar-refractivity contribution >= 4 is 49.4 Å². The van der Waals surface area contributed by atoms with Crippen molar-refractivity contribution in [3.8, 4) is 0 Å². The summed E-state index contributed by atoms with van der Waals surface area (Å²) in [5.41, 5.74) is 0.842. The Morgan fingerprint density at radius 3 is 2.76 bits per heavy atom. The van der Waals surface area contributed by atoms with E-state index in [2.05, 4.69) is 57.1 Å². The number of rotatable bonds is 3. The molecule has 10 heteroatoms. The van der Waals surface area contributed by atoms with Crippen molar-refractivity contribution in [2.45, 2.75) is 19.8 Å². The molecule has 0 atom stereocenters. The van der Waals surface area contributed by atoms with Crippen LogP contribution in [0.4, 0.5) is 10.9 Å². The van der Waals surface area contributed by atoms with Gasteiger partial charge >= 0.3 is 0 Å². The zero-order chi connectivity index (χ0) is 17.4. The first kappa shape index (κ1) is 16.6. The Morgan fingerprint density at radius 2 is 1.96 bits per heavy atom. The van der Waals surface area contributed by atoms with Gasteiger partial charge in [-0.1, -0.05) is 6.92 Å². The van der Waals surface area contributed by atoms with Gasteiger partial charge in [-0.3, -0.25) is 0 Å². The molecule has 0 spiro atoms. The van der Waals surface area contributed by atoms with Gasteiger partial charge in [-0.05, 0) is 22.4 Å². The van der Waals surface area contributed by atoms with Gasteiger partial charge in [0.1, 0.15) is 22.6 Å². The molecule has 4 heterocycles. The molecule has 1 aliphatic rings. The van der Waals surface area contributed by atoms with Gasteiger partial charge in [0.15, 0.2) is 5.65 Å². The number of aromatic nitrogens is 6. The lowest BCUT2D eigenvalue weighted by Crippen LogP contribution is -2.31. The Bertz CT molecular complexity index is 891. The normalized spacial score (nSPS) is 15.8. The lowest BCUT2D eigenvalue weighted by atomic mass is 10.3. The first-order chi connectivity index (χ1) is 12.2. The summed E-state index contributed by atoms with van der Waals surface area (Å²) < 4.78 is 6.98. The number of nitrogens with zero attached hydrogens (tertiary/aromatic N) is 8. The van der Waals surface area contributed by atoms with Crippen molar-refractivity contribution in [1.29, 1.82) is 0 Å². The summed E-state index contributed by atoms with van der Waals surface area (Å²) in [5, 5.41) is 6.42. The minimum atomic E-state index is 0.790. The summed E-state index contributed by atoms with van der Waals surface area (Å²) >= 11 is 5.04. The van der Waals surface area contributed by atoms with Crippen LogP contribution < -0.4 is 9.80 Å². The summed E-state index contributed by atoms with van der Waals surface area (Å²) in [4.78, 5) is 18.2. The van der Waals surface area contributed by atoms with E-state index < -0.39 is 0 Å². The number of aryl methyl sites for hydroxylation is 2. The Labute approximate surface area is 158 Å². The highest BCUT2D eigenvalue weighted by atomic mass is 79.9. The van der Waals surface area contributed by atoms with Crippen molar-refractivity contribution in [2.75, 3.05) is 36.0 Å². The minimum absolute atomic E-state index is 0.790. The second-order valence-corrected chi connectivity index (χ2v) is 7.47. The lowest BCUT2D eigenvalue weighted by molar-refractivity contribution is 0.776. The molecule has 8 nitrogen and oxygen atoms in total. The quantitative estimate of drug-likeness (QED) is 0.640. The maximum Gasteiger partial charge on any atom is 0.205 e. The molecule has 4 rings (SSSR count). The highest BCUT2D eigenvalue weighted by molar-refractivity contribution is 9.10. The molecule has 0 radical (unpaired) electrons. The van der Waals surface area contributed by atoms with Gasteiger partial charge in [0.2, 0.25) is 5.13 Å². The number of fused-ring (bicyclic) bond motifs is 1. The maximum absolute atomic E-state index is 4.63. The fourth-order valence-corrected chi connectivity index (χ4v) is 4.50. The number of halogens is 1. The SMILES string of the molecule is CCc1nsc(N2CCCN(c3ncnc4c3c(Br)nn4C)CC2)n1. The van der Waals surface area contributed by atoms with Crippen LogP contribution in [0.15, 0.2) is 10.9 Å². The highest BCUT2D eigenvalue weighted by Crippen LogP contribution is 2.30. The fraction of sp³-hybridized carbons (Fsp3) is 0.533. The number of anilines is 2. The molecule has 132 valence electrons. The third kappa shape index (κ3) is 3.08. The van der Waals surface area contributed by atoms with E-state index in [0.717, 1.165) is 71.4 Å². The number of hydrogen-bond acceptors (Lipinski definition) is 8. The first-order valence-electron chi connectivity index (χ1n) is 8.33. The molecule has 1 saturated heterocycles. The Morgan fingerprint density at radius 1 is 1.16 bits per heavy atom. The van der Waals surface area contributed by atoms with Gasteiger partial charge in [0.25, 0.3) is 0 Å². The van der Waals surface area contributed by atoms with E-state index in [4.69, 9.17) is 0 Å². The van der Waals surface area contributed by atoms with E-state index in [-0.39, 0.29) is 0 Å². The van der Waals surface area contributed by atoms with Crippen molar-refractivity contribution in [2.24, 2.45) is 7.05 Å². The Hall–Kier alpha value is -1.81. The van der Waals surface area contributed by atoms with E-state index in [1.54, 1.807) is 11.0 Å². The second-order valence-electron chi connectivity index (χ2n) is 5.98. The standard InChI is InChI=1S/C15H19BrN8S/c1-3-10-19-15(25-21-10)24-6-4-5-23(7-8-24)14-11-12(16)20-22(2)13(11)17-9-18-14/h9H,3-8H2,1-2H3. The summed E-state index contributed by atoms with van der Waals surface area (Å²) in [6.07, 6.45) is 3.54. The molecule has 0 N–H and O–H groups in total. The van der Waals surface area contributed by atoms with E-state index in [1.165, 1.54) is 11.5 Å². The Balaban J connectivity index is 1.59. The van der Waals surface area contributed by atoms with Crippen LogP contribution in [0.2, 0.25) is 0 Å². The van der Waals surface area contributed by atoms with Crippen LogP contribution >= 0.6 is 27.5 Å². The predicted molar refractivity (Wildman–Crippen MR) is 102 cm³/mol. The third-order valence-corrected chi connectivity index (χ3v) is 5.77. The average Bonchev–Trinajstić information content (AvgIpc) is 3.12. The first-order valence-corrected chi connectivity index (χ1v) is 9.89. The van der Waals surface area contributed by atoms with Gasteiger partial charge in [0.05, 0.1) is 5.39 Å². The molecule has 0 saturated carbocycles. The molecule has 25 heavy (non-hydrogen) atoms. The molecular formula is C15H19BrN8S. The minimum Gasteiger partial charge on any atom is -0.354 e. The summed E-state index contributed by atoms with van der Waals surface area (Å²) in [6, 6.07) is 0. The van der Waals surface area contributed by atoms with Crippen LogP contribution in [0.1, 0.15) is 19.2 Å². The largest absolute Gasteiger partial charge is 0.354 e. The van der Waals surface area contributed by atoms with E-state index in [0.29, 0.717) is 0 Å². The van der Waals surface area contributed by atoms with Gasteiger partial charge in [0, 0.05) is 51.2 Å². The zero-order valence-corrected chi connectivity index (χ0v) is 16.6. The van der Waals surface area contributed by atoms with E-state index >= 15 is 0 Å². The Kier molecular flexibility index (Phi) is 4.55. The third-order valence-electron chi connectivity index (χ3n) is 4.40. The molecular weight excluding hydrogens is 404 g/mol. The summed E-state index contributed by atoms with van der Waals surface area (Å²) in [6.45, 7) is 5.80. The van der Waals surface area contributed by atoms with Gasteiger partial charge in [-0.2, -0.15) is 9.47 Å². The molecule has 0 aliphatic carbocycles. The smallest absolute Gasteiger partial charge is 0.205 e. The van der Waals surface area contributed by atoms with Crippen LogP contribution in [-0.2, 0) is 13.5 Å². The van der Waals surface area contributed by atoms with Crippen LogP contribution in [0.5, 0.6) is 0 Å². The van der Waals surface area contributed by atoms with E-state index in [9.17, 15) is 0 Å². The molecule has 1 fully saturated rings. The molecule has 0 bridgehead atoms. The lowest BCUT2D eigenvalue weighted by Gasteiger charge is -2.22. The van der Waals surface area contributed by atoms with Gasteiger partial charge < -0.3 is 9.80 Å². The van der Waals surface area contributed by atoms with Crippen molar-refractivity contribution in [3.05, 3.63) is 16.8 Å². The van der Waals surface area contributed by atoms with Crippen molar-refractivity contribution in [1.82, 2.24) is 29.1 Å². The number of hydrogen-bond donors (Lipinski definition) is 0. The highest BCUT2D eigenvalue weighted by Gasteiger charge is 2.22. The molecule has 0 unspecified atom stereocenters.